The molecule has 3 heterocycles. The number of amides is 1. The predicted molar refractivity (Wildman–Crippen MR) is 96.8 cm³/mol. The van der Waals surface area contributed by atoms with Gasteiger partial charge in [-0.25, -0.2) is 5.43 Å². The number of aromatic nitrogens is 3. The Hall–Kier alpha value is -3.00. The SMILES string of the molecule is COc1ccc2c(c1)c(/C=C1\C(=O)NN=C1c1snnc1C)cn2C. The Kier molecular flexibility index (Phi) is 3.61. The third-order valence-electron chi connectivity index (χ3n) is 4.16. The second kappa shape index (κ2) is 5.82. The van der Waals surface area contributed by atoms with E-state index in [4.69, 9.17) is 4.74 Å². The van der Waals surface area contributed by atoms with Crippen molar-refractivity contribution in [2.45, 2.75) is 6.92 Å². The van der Waals surface area contributed by atoms with Crippen LogP contribution in [0.4, 0.5) is 0 Å². The number of nitrogens with one attached hydrogen (secondary N) is 1. The van der Waals surface area contributed by atoms with Crippen molar-refractivity contribution in [3.8, 4) is 5.75 Å². The van der Waals surface area contributed by atoms with Crippen LogP contribution in [-0.2, 0) is 11.8 Å². The summed E-state index contributed by atoms with van der Waals surface area (Å²) in [6.07, 6.45) is 3.83. The summed E-state index contributed by atoms with van der Waals surface area (Å²) in [5.41, 5.74) is 6.35. The third kappa shape index (κ3) is 2.51. The van der Waals surface area contributed by atoms with Crippen molar-refractivity contribution >= 4 is 40.1 Å². The number of rotatable bonds is 3. The fourth-order valence-corrected chi connectivity index (χ4v) is 3.55. The summed E-state index contributed by atoms with van der Waals surface area (Å²) in [5, 5.41) is 9.18. The molecule has 4 rings (SSSR count). The molecule has 0 aliphatic carbocycles. The molecule has 2 aromatic heterocycles. The highest BCUT2D eigenvalue weighted by Gasteiger charge is 2.27. The zero-order valence-corrected chi connectivity index (χ0v) is 14.7. The molecule has 3 aromatic rings. The Morgan fingerprint density at radius 1 is 1.36 bits per heavy atom. The standard InChI is InChI=1S/C17H15N5O2S/c1-9-16(25-21-18-9)15-13(17(23)20-19-15)6-10-8-22(2)14-5-4-11(24-3)7-12(10)14/h4-8H,1-3H3,(H,20,23)/b13-6-. The molecule has 1 N–H and O–H groups in total. The fraction of sp³-hybridized carbons (Fsp3) is 0.176. The van der Waals surface area contributed by atoms with Gasteiger partial charge < -0.3 is 9.30 Å². The lowest BCUT2D eigenvalue weighted by Gasteiger charge is -2.01. The van der Waals surface area contributed by atoms with Crippen molar-refractivity contribution in [2.24, 2.45) is 12.1 Å². The Labute approximate surface area is 147 Å². The first-order chi connectivity index (χ1) is 12.1. The number of hydrogen-bond donors (Lipinski definition) is 1. The zero-order valence-electron chi connectivity index (χ0n) is 13.9. The molecule has 1 aliphatic rings. The highest BCUT2D eigenvalue weighted by molar-refractivity contribution is 7.08. The summed E-state index contributed by atoms with van der Waals surface area (Å²) in [6.45, 7) is 1.85. The number of ether oxygens (including phenoxy) is 1. The second-order valence-corrected chi connectivity index (χ2v) is 6.48. The van der Waals surface area contributed by atoms with Crippen LogP contribution in [0.25, 0.3) is 17.0 Å². The van der Waals surface area contributed by atoms with E-state index in [1.807, 2.05) is 49.0 Å². The van der Waals surface area contributed by atoms with Crippen molar-refractivity contribution in [1.82, 2.24) is 19.6 Å². The van der Waals surface area contributed by atoms with Gasteiger partial charge in [-0.1, -0.05) is 4.49 Å². The Morgan fingerprint density at radius 2 is 2.20 bits per heavy atom. The number of aryl methyl sites for hydroxylation is 2. The highest BCUT2D eigenvalue weighted by atomic mass is 32.1. The van der Waals surface area contributed by atoms with E-state index in [-0.39, 0.29) is 5.91 Å². The van der Waals surface area contributed by atoms with Crippen molar-refractivity contribution in [1.29, 1.82) is 0 Å². The van der Waals surface area contributed by atoms with E-state index in [0.29, 0.717) is 11.3 Å². The summed E-state index contributed by atoms with van der Waals surface area (Å²) in [5.74, 6) is 0.535. The van der Waals surface area contributed by atoms with E-state index in [9.17, 15) is 4.79 Å². The molecule has 1 aromatic carbocycles. The van der Waals surface area contributed by atoms with Gasteiger partial charge in [0, 0.05) is 29.7 Å². The first kappa shape index (κ1) is 15.5. The van der Waals surface area contributed by atoms with Gasteiger partial charge in [-0.2, -0.15) is 5.10 Å². The zero-order chi connectivity index (χ0) is 17.6. The van der Waals surface area contributed by atoms with Gasteiger partial charge in [-0.15, -0.1) is 5.10 Å². The molecule has 1 aliphatic heterocycles. The number of hydrazone groups is 1. The number of carbonyl (C=O) groups excluding carboxylic acids is 1. The summed E-state index contributed by atoms with van der Waals surface area (Å²) in [4.78, 5) is 13.1. The van der Waals surface area contributed by atoms with E-state index in [2.05, 4.69) is 20.1 Å². The maximum absolute atomic E-state index is 12.3. The minimum Gasteiger partial charge on any atom is -0.497 e. The topological polar surface area (TPSA) is 81.4 Å². The molecule has 7 nitrogen and oxygen atoms in total. The Morgan fingerprint density at radius 3 is 2.92 bits per heavy atom. The van der Waals surface area contributed by atoms with Gasteiger partial charge in [0.05, 0.1) is 23.3 Å². The Bertz CT molecular complexity index is 1060. The maximum atomic E-state index is 12.3. The van der Waals surface area contributed by atoms with E-state index in [0.717, 1.165) is 32.8 Å². The first-order valence-corrected chi connectivity index (χ1v) is 8.38. The highest BCUT2D eigenvalue weighted by Crippen LogP contribution is 2.29. The number of carbonyl (C=O) groups is 1. The largest absolute Gasteiger partial charge is 0.497 e. The van der Waals surface area contributed by atoms with E-state index in [1.165, 1.54) is 11.5 Å². The normalized spacial score (nSPS) is 15.7. The summed E-state index contributed by atoms with van der Waals surface area (Å²) < 4.78 is 11.3. The van der Waals surface area contributed by atoms with Crippen LogP contribution in [0.2, 0.25) is 0 Å². The maximum Gasteiger partial charge on any atom is 0.273 e. The third-order valence-corrected chi connectivity index (χ3v) is 5.00. The molecule has 25 heavy (non-hydrogen) atoms. The average molecular weight is 353 g/mol. The van der Waals surface area contributed by atoms with Crippen LogP contribution in [0, 0.1) is 6.92 Å². The van der Waals surface area contributed by atoms with Crippen LogP contribution < -0.4 is 10.2 Å². The van der Waals surface area contributed by atoms with Gasteiger partial charge in [-0.3, -0.25) is 4.79 Å². The first-order valence-electron chi connectivity index (χ1n) is 7.61. The van der Waals surface area contributed by atoms with Crippen LogP contribution in [0.15, 0.2) is 35.1 Å². The van der Waals surface area contributed by atoms with Crippen LogP contribution >= 0.6 is 11.5 Å². The number of benzene rings is 1. The van der Waals surface area contributed by atoms with Gasteiger partial charge in [0.2, 0.25) is 0 Å². The number of nitrogens with zero attached hydrogens (tertiary/aromatic N) is 4. The van der Waals surface area contributed by atoms with Gasteiger partial charge in [0.1, 0.15) is 11.5 Å². The lowest BCUT2D eigenvalue weighted by Crippen LogP contribution is -2.13. The summed E-state index contributed by atoms with van der Waals surface area (Å²) in [7, 11) is 3.61. The molecule has 0 saturated heterocycles. The monoisotopic (exact) mass is 353 g/mol. The molecule has 1 amide bonds. The molecule has 0 bridgehead atoms. The molecular formula is C17H15N5O2S. The number of hydrogen-bond acceptors (Lipinski definition) is 6. The van der Waals surface area contributed by atoms with E-state index < -0.39 is 0 Å². The average Bonchev–Trinajstić information content (AvgIpc) is 3.27. The number of fused-ring (bicyclic) bond motifs is 1. The molecule has 0 fully saturated rings. The minimum absolute atomic E-state index is 0.234. The molecule has 0 saturated carbocycles. The molecule has 0 atom stereocenters. The van der Waals surface area contributed by atoms with Gasteiger partial charge in [0.25, 0.3) is 5.91 Å². The van der Waals surface area contributed by atoms with Gasteiger partial charge in [-0.05, 0) is 42.7 Å². The van der Waals surface area contributed by atoms with Gasteiger partial charge in [0.15, 0.2) is 0 Å². The lowest BCUT2D eigenvalue weighted by atomic mass is 10.0. The Balaban J connectivity index is 1.87. The van der Waals surface area contributed by atoms with E-state index >= 15 is 0 Å². The van der Waals surface area contributed by atoms with E-state index in [1.54, 1.807) is 7.11 Å². The molecule has 126 valence electrons. The predicted octanol–water partition coefficient (Wildman–Crippen LogP) is 2.26. The van der Waals surface area contributed by atoms with Crippen LogP contribution in [0.3, 0.4) is 0 Å². The van der Waals surface area contributed by atoms with Crippen molar-refractivity contribution in [2.75, 3.05) is 7.11 Å². The number of methoxy groups -OCH3 is 1. The van der Waals surface area contributed by atoms with Crippen molar-refractivity contribution in [3.63, 3.8) is 0 Å². The second-order valence-electron chi connectivity index (χ2n) is 5.73. The molecule has 0 spiro atoms. The molecule has 0 unspecified atom stereocenters. The summed E-state index contributed by atoms with van der Waals surface area (Å²) in [6, 6.07) is 5.88. The van der Waals surface area contributed by atoms with Crippen LogP contribution in [0.1, 0.15) is 16.1 Å². The quantitative estimate of drug-likeness (QED) is 0.733. The summed E-state index contributed by atoms with van der Waals surface area (Å²) >= 11 is 1.23. The van der Waals surface area contributed by atoms with Crippen molar-refractivity contribution < 1.29 is 9.53 Å². The molecular weight excluding hydrogens is 338 g/mol. The lowest BCUT2D eigenvalue weighted by molar-refractivity contribution is -0.116. The fourth-order valence-electron chi connectivity index (χ4n) is 2.89. The smallest absolute Gasteiger partial charge is 0.273 e. The van der Waals surface area contributed by atoms with Gasteiger partial charge >= 0.3 is 0 Å². The van der Waals surface area contributed by atoms with Crippen molar-refractivity contribution in [3.05, 3.63) is 46.1 Å². The van der Waals surface area contributed by atoms with Crippen LogP contribution in [0.5, 0.6) is 5.75 Å². The minimum atomic E-state index is -0.234. The van der Waals surface area contributed by atoms with Crippen LogP contribution in [-0.4, -0.2) is 32.9 Å². The molecule has 8 heteroatoms. The molecule has 0 radical (unpaired) electrons.